The minimum atomic E-state index is -0.374. The normalized spacial score (nSPS) is 33.4. The second kappa shape index (κ2) is 6.96. The first-order valence-corrected chi connectivity index (χ1v) is 11.2. The average Bonchev–Trinajstić information content (AvgIpc) is 3.09. The van der Waals surface area contributed by atoms with E-state index >= 15 is 0 Å². The molecule has 2 bridgehead atoms. The van der Waals surface area contributed by atoms with Crippen LogP contribution in [0.1, 0.15) is 83.7 Å². The zero-order valence-electron chi connectivity index (χ0n) is 19.5. The van der Waals surface area contributed by atoms with Crippen LogP contribution in [0.25, 0.3) is 6.08 Å². The van der Waals surface area contributed by atoms with Crippen molar-refractivity contribution in [2.75, 3.05) is 0 Å². The van der Waals surface area contributed by atoms with E-state index in [1.54, 1.807) is 0 Å². The molecule has 4 rings (SSSR count). The number of hydrogen-bond donors (Lipinski definition) is 0. The van der Waals surface area contributed by atoms with Crippen molar-refractivity contribution in [3.63, 3.8) is 0 Å². The van der Waals surface area contributed by atoms with E-state index in [0.717, 1.165) is 18.4 Å². The molecule has 3 unspecified atom stereocenters. The van der Waals surface area contributed by atoms with Gasteiger partial charge in [-0.25, -0.2) is 4.79 Å². The van der Waals surface area contributed by atoms with E-state index in [2.05, 4.69) is 20.8 Å². The molecule has 0 amide bonds. The molecule has 0 N–H and O–H groups in total. The summed E-state index contributed by atoms with van der Waals surface area (Å²) in [4.78, 5) is 12.8. The molecule has 2 aliphatic carbocycles. The van der Waals surface area contributed by atoms with Crippen molar-refractivity contribution < 1.29 is 18.8 Å². The molecule has 0 radical (unpaired) electrons. The second-order valence-corrected chi connectivity index (χ2v) is 11.1. The van der Waals surface area contributed by atoms with Crippen LogP contribution in [0, 0.1) is 16.7 Å². The minimum absolute atomic E-state index is 0.0155. The number of ether oxygens (including phenoxy) is 1. The van der Waals surface area contributed by atoms with E-state index in [0.29, 0.717) is 11.5 Å². The summed E-state index contributed by atoms with van der Waals surface area (Å²) in [6.07, 6.45) is 5.37. The smallest absolute Gasteiger partial charge is 0.458 e. The Labute approximate surface area is 181 Å². The van der Waals surface area contributed by atoms with Crippen LogP contribution in [-0.4, -0.2) is 30.4 Å². The van der Waals surface area contributed by atoms with Gasteiger partial charge < -0.3 is 14.0 Å². The number of carbonyl (C=O) groups excluding carboxylic acids is 1. The largest absolute Gasteiger partial charge is 0.487 e. The Kier molecular flexibility index (Phi) is 5.02. The Morgan fingerprint density at radius 3 is 2.13 bits per heavy atom. The Hall–Kier alpha value is -1.59. The van der Waals surface area contributed by atoms with Crippen molar-refractivity contribution in [2.24, 2.45) is 16.7 Å². The predicted molar refractivity (Wildman–Crippen MR) is 120 cm³/mol. The fourth-order valence-corrected chi connectivity index (χ4v) is 5.39. The van der Waals surface area contributed by atoms with Crippen molar-refractivity contribution in [3.05, 3.63) is 41.4 Å². The Bertz CT molecular complexity index is 838. The van der Waals surface area contributed by atoms with Gasteiger partial charge in [0.1, 0.15) is 6.10 Å². The molecule has 5 heteroatoms. The van der Waals surface area contributed by atoms with Gasteiger partial charge in [0.2, 0.25) is 0 Å². The van der Waals surface area contributed by atoms with Gasteiger partial charge in [0.15, 0.2) is 0 Å². The Morgan fingerprint density at radius 2 is 1.63 bits per heavy atom. The van der Waals surface area contributed by atoms with Gasteiger partial charge in [-0.3, -0.25) is 0 Å². The first-order chi connectivity index (χ1) is 13.9. The minimum Gasteiger partial charge on any atom is -0.458 e. The highest BCUT2D eigenvalue weighted by molar-refractivity contribution is 6.52. The van der Waals surface area contributed by atoms with Crippen LogP contribution in [-0.2, 0) is 14.0 Å². The first-order valence-electron chi connectivity index (χ1n) is 11.2. The summed E-state index contributed by atoms with van der Waals surface area (Å²) in [5, 5.41) is 0. The lowest BCUT2D eigenvalue weighted by molar-refractivity contribution is -0.0242. The van der Waals surface area contributed by atoms with Gasteiger partial charge in [-0.1, -0.05) is 45.0 Å². The summed E-state index contributed by atoms with van der Waals surface area (Å²) in [5.74, 6) is 2.36. The molecule has 0 spiro atoms. The van der Waals surface area contributed by atoms with Gasteiger partial charge >= 0.3 is 13.1 Å². The van der Waals surface area contributed by atoms with Gasteiger partial charge in [-0.15, -0.1) is 0 Å². The maximum atomic E-state index is 12.8. The van der Waals surface area contributed by atoms with Crippen molar-refractivity contribution >= 4 is 19.2 Å². The van der Waals surface area contributed by atoms with Gasteiger partial charge in [0.05, 0.1) is 16.8 Å². The molecule has 3 atom stereocenters. The van der Waals surface area contributed by atoms with Crippen molar-refractivity contribution in [3.8, 4) is 0 Å². The summed E-state index contributed by atoms with van der Waals surface area (Å²) in [7, 11) is -0.374. The van der Waals surface area contributed by atoms with E-state index < -0.39 is 0 Å². The zero-order valence-corrected chi connectivity index (χ0v) is 19.5. The lowest BCUT2D eigenvalue weighted by Crippen LogP contribution is -2.41. The van der Waals surface area contributed by atoms with E-state index in [1.165, 1.54) is 6.42 Å². The molecule has 1 aromatic rings. The Morgan fingerprint density at radius 1 is 1.03 bits per heavy atom. The molecular weight excluding hydrogens is 375 g/mol. The van der Waals surface area contributed by atoms with Crippen LogP contribution in [0.5, 0.6) is 0 Å². The lowest BCUT2D eigenvalue weighted by Gasteiger charge is -2.38. The first kappa shape index (κ1) is 21.6. The molecule has 0 aromatic heterocycles. The fraction of sp³-hybridized carbons (Fsp3) is 0.640. The maximum absolute atomic E-state index is 12.8. The molecule has 1 aliphatic heterocycles. The van der Waals surface area contributed by atoms with Crippen LogP contribution < -0.4 is 0 Å². The van der Waals surface area contributed by atoms with Crippen molar-refractivity contribution in [2.45, 2.75) is 85.0 Å². The fourth-order valence-electron chi connectivity index (χ4n) is 5.39. The topological polar surface area (TPSA) is 44.8 Å². The van der Waals surface area contributed by atoms with E-state index in [4.69, 9.17) is 14.0 Å². The van der Waals surface area contributed by atoms with E-state index in [-0.39, 0.29) is 41.2 Å². The molecule has 1 saturated heterocycles. The van der Waals surface area contributed by atoms with Gasteiger partial charge in [-0.2, -0.15) is 0 Å². The van der Waals surface area contributed by atoms with Crippen LogP contribution >= 0.6 is 0 Å². The molecule has 30 heavy (non-hydrogen) atoms. The number of carbonyl (C=O) groups is 1. The van der Waals surface area contributed by atoms with Crippen molar-refractivity contribution in [1.29, 1.82) is 0 Å². The Balaban J connectivity index is 1.38. The van der Waals surface area contributed by atoms with Crippen LogP contribution in [0.4, 0.5) is 0 Å². The molecule has 3 aliphatic rings. The van der Waals surface area contributed by atoms with Crippen LogP contribution in [0.3, 0.4) is 0 Å². The number of hydrogen-bond acceptors (Lipinski definition) is 4. The van der Waals surface area contributed by atoms with E-state index in [1.807, 2.05) is 64.0 Å². The van der Waals surface area contributed by atoms with Gasteiger partial charge in [-0.05, 0) is 76.0 Å². The molecule has 162 valence electrons. The van der Waals surface area contributed by atoms with Gasteiger partial charge in [0, 0.05) is 5.41 Å². The van der Waals surface area contributed by atoms with Crippen LogP contribution in [0.2, 0.25) is 0 Å². The van der Waals surface area contributed by atoms with E-state index in [9.17, 15) is 4.79 Å². The molecular formula is C25H35BO4. The molecule has 4 nitrogen and oxygen atoms in total. The number of esters is 1. The molecule has 2 saturated carbocycles. The third kappa shape index (κ3) is 3.35. The highest BCUT2D eigenvalue weighted by Crippen LogP contribution is 2.66. The average molecular weight is 410 g/mol. The third-order valence-corrected chi connectivity index (χ3v) is 8.83. The highest BCUT2D eigenvalue weighted by Gasteiger charge is 2.62. The summed E-state index contributed by atoms with van der Waals surface area (Å²) in [5.41, 5.74) is 1.22. The maximum Gasteiger partial charge on any atom is 0.487 e. The second-order valence-electron chi connectivity index (χ2n) is 11.1. The highest BCUT2D eigenvalue weighted by atomic mass is 16.7. The number of fused-ring (bicyclic) bond motifs is 2. The summed E-state index contributed by atoms with van der Waals surface area (Å²) < 4.78 is 18.0. The van der Waals surface area contributed by atoms with Crippen LogP contribution in [0.15, 0.2) is 30.2 Å². The van der Waals surface area contributed by atoms with Crippen molar-refractivity contribution in [1.82, 2.24) is 0 Å². The molecule has 1 heterocycles. The lowest BCUT2D eigenvalue weighted by atomic mass is 9.70. The third-order valence-electron chi connectivity index (χ3n) is 8.83. The summed E-state index contributed by atoms with van der Waals surface area (Å²) >= 11 is 0. The number of benzene rings is 1. The van der Waals surface area contributed by atoms with Gasteiger partial charge in [0.25, 0.3) is 0 Å². The molecule has 1 aromatic carbocycles. The molecule has 3 fully saturated rings. The number of rotatable bonds is 4. The standard InChI is InChI=1S/C25H35BO4/c1-22(2)19-12-14-25(22,7)20(16-19)28-21(27)18-10-8-17(9-11-18)13-15-26-29-23(3,4)24(5,6)30-26/h8-11,13,15,19-20H,12,14,16H2,1-7H3/b15-13+. The summed E-state index contributed by atoms with van der Waals surface area (Å²) in [6, 6.07) is 7.55. The summed E-state index contributed by atoms with van der Waals surface area (Å²) in [6.45, 7) is 15.1. The quantitative estimate of drug-likeness (QED) is 0.472. The monoisotopic (exact) mass is 410 g/mol. The predicted octanol–water partition coefficient (Wildman–Crippen LogP) is 5.70. The SMILES string of the molecule is CC1(C)OB(/C=C/c2ccc(C(=O)OC3CC4CCC3(C)C4(C)C)cc2)OC1(C)C. The zero-order chi connectivity index (χ0) is 21.9.